The summed E-state index contributed by atoms with van der Waals surface area (Å²) < 4.78 is 1.16. The number of pyridine rings is 1. The summed E-state index contributed by atoms with van der Waals surface area (Å²) in [6.45, 7) is 4.42. The lowest BCUT2D eigenvalue weighted by Crippen LogP contribution is -2.02. The zero-order valence-electron chi connectivity index (χ0n) is 11.3. The Morgan fingerprint density at radius 1 is 1.15 bits per heavy atom. The van der Waals surface area contributed by atoms with E-state index < -0.39 is 0 Å². The highest BCUT2D eigenvalue weighted by Gasteiger charge is 2.05. The standard InChI is InChI=1S/C15H15N3OS/c1-9-3-6-14(19)13(17-9)8-16-11-4-5-12-15(7-11)20-10(2)18-12/h3-7,16,19H,8H2,1-2H3. The van der Waals surface area contributed by atoms with Gasteiger partial charge in [0.05, 0.1) is 21.8 Å². The van der Waals surface area contributed by atoms with Gasteiger partial charge in [-0.15, -0.1) is 11.3 Å². The summed E-state index contributed by atoms with van der Waals surface area (Å²) in [4.78, 5) is 8.77. The molecule has 0 spiro atoms. The van der Waals surface area contributed by atoms with E-state index in [1.54, 1.807) is 23.5 Å². The van der Waals surface area contributed by atoms with Crippen LogP contribution in [0, 0.1) is 13.8 Å². The summed E-state index contributed by atoms with van der Waals surface area (Å²) >= 11 is 1.68. The largest absolute Gasteiger partial charge is 0.506 e. The molecule has 4 nitrogen and oxygen atoms in total. The smallest absolute Gasteiger partial charge is 0.138 e. The zero-order chi connectivity index (χ0) is 14.1. The normalized spacial score (nSPS) is 10.9. The fraction of sp³-hybridized carbons (Fsp3) is 0.200. The average Bonchev–Trinajstić information content (AvgIpc) is 2.79. The van der Waals surface area contributed by atoms with Gasteiger partial charge in [0, 0.05) is 11.4 Å². The Labute approximate surface area is 121 Å². The van der Waals surface area contributed by atoms with E-state index in [0.29, 0.717) is 12.2 Å². The van der Waals surface area contributed by atoms with Crippen LogP contribution < -0.4 is 5.32 Å². The lowest BCUT2D eigenvalue weighted by atomic mass is 10.2. The van der Waals surface area contributed by atoms with Gasteiger partial charge in [-0.1, -0.05) is 0 Å². The Kier molecular flexibility index (Phi) is 3.28. The van der Waals surface area contributed by atoms with Gasteiger partial charge in [-0.2, -0.15) is 0 Å². The first-order chi connectivity index (χ1) is 9.61. The molecule has 20 heavy (non-hydrogen) atoms. The van der Waals surface area contributed by atoms with E-state index in [4.69, 9.17) is 0 Å². The van der Waals surface area contributed by atoms with E-state index in [1.165, 1.54) is 0 Å². The molecule has 0 saturated carbocycles. The minimum Gasteiger partial charge on any atom is -0.506 e. The van der Waals surface area contributed by atoms with Gasteiger partial charge in [0.2, 0.25) is 0 Å². The molecule has 2 heterocycles. The summed E-state index contributed by atoms with van der Waals surface area (Å²) in [5.74, 6) is 0.220. The molecule has 3 aromatic rings. The summed E-state index contributed by atoms with van der Waals surface area (Å²) in [6, 6.07) is 9.55. The van der Waals surface area contributed by atoms with Crippen molar-refractivity contribution in [3.8, 4) is 5.75 Å². The molecule has 2 N–H and O–H groups in total. The summed E-state index contributed by atoms with van der Waals surface area (Å²) in [5.41, 5.74) is 3.58. The second kappa shape index (κ2) is 5.09. The van der Waals surface area contributed by atoms with Gasteiger partial charge in [0.25, 0.3) is 0 Å². The number of nitrogens with zero attached hydrogens (tertiary/aromatic N) is 2. The first-order valence-electron chi connectivity index (χ1n) is 6.38. The van der Waals surface area contributed by atoms with Crippen molar-refractivity contribution in [2.24, 2.45) is 0 Å². The molecule has 0 aliphatic rings. The number of aromatic hydroxyl groups is 1. The van der Waals surface area contributed by atoms with Gasteiger partial charge in [-0.3, -0.25) is 4.98 Å². The Morgan fingerprint density at radius 2 is 2.00 bits per heavy atom. The van der Waals surface area contributed by atoms with Crippen molar-refractivity contribution in [2.75, 3.05) is 5.32 Å². The number of anilines is 1. The van der Waals surface area contributed by atoms with Crippen LogP contribution in [0.5, 0.6) is 5.75 Å². The molecule has 102 valence electrons. The predicted octanol–water partition coefficient (Wildman–Crippen LogP) is 3.63. The van der Waals surface area contributed by atoms with Crippen molar-refractivity contribution >= 4 is 27.2 Å². The lowest BCUT2D eigenvalue weighted by Gasteiger charge is -2.08. The third-order valence-electron chi connectivity index (χ3n) is 3.04. The zero-order valence-corrected chi connectivity index (χ0v) is 12.2. The van der Waals surface area contributed by atoms with E-state index in [1.807, 2.05) is 26.0 Å². The highest BCUT2D eigenvalue weighted by molar-refractivity contribution is 7.18. The third kappa shape index (κ3) is 2.58. The lowest BCUT2D eigenvalue weighted by molar-refractivity contribution is 0.464. The van der Waals surface area contributed by atoms with Crippen molar-refractivity contribution in [1.82, 2.24) is 9.97 Å². The maximum absolute atomic E-state index is 9.78. The van der Waals surface area contributed by atoms with E-state index in [9.17, 15) is 5.11 Å². The fourth-order valence-corrected chi connectivity index (χ4v) is 2.94. The molecule has 0 unspecified atom stereocenters. The van der Waals surface area contributed by atoms with Crippen LogP contribution in [0.15, 0.2) is 30.3 Å². The minimum atomic E-state index is 0.220. The Bertz CT molecular complexity index is 767. The molecular formula is C15H15N3OS. The minimum absolute atomic E-state index is 0.220. The number of aryl methyl sites for hydroxylation is 2. The average molecular weight is 285 g/mol. The van der Waals surface area contributed by atoms with Crippen LogP contribution in [-0.4, -0.2) is 15.1 Å². The van der Waals surface area contributed by atoms with E-state index >= 15 is 0 Å². The van der Waals surface area contributed by atoms with Gasteiger partial charge in [0.1, 0.15) is 11.4 Å². The second-order valence-electron chi connectivity index (χ2n) is 4.69. The van der Waals surface area contributed by atoms with Crippen LogP contribution in [0.3, 0.4) is 0 Å². The van der Waals surface area contributed by atoms with Crippen LogP contribution in [0.1, 0.15) is 16.4 Å². The Morgan fingerprint density at radius 3 is 2.85 bits per heavy atom. The summed E-state index contributed by atoms with van der Waals surface area (Å²) in [5, 5.41) is 14.1. The monoisotopic (exact) mass is 285 g/mol. The fourth-order valence-electron chi connectivity index (χ4n) is 2.07. The van der Waals surface area contributed by atoms with Crippen LogP contribution in [-0.2, 0) is 6.54 Å². The molecule has 0 amide bonds. The van der Waals surface area contributed by atoms with Gasteiger partial charge in [-0.05, 0) is 44.2 Å². The first kappa shape index (κ1) is 12.9. The Hall–Kier alpha value is -2.14. The highest BCUT2D eigenvalue weighted by atomic mass is 32.1. The van der Waals surface area contributed by atoms with Crippen molar-refractivity contribution in [3.05, 3.63) is 46.7 Å². The molecule has 5 heteroatoms. The quantitative estimate of drug-likeness (QED) is 0.771. The second-order valence-corrected chi connectivity index (χ2v) is 5.92. The van der Waals surface area contributed by atoms with Crippen LogP contribution in [0.25, 0.3) is 10.2 Å². The topological polar surface area (TPSA) is 58.0 Å². The summed E-state index contributed by atoms with van der Waals surface area (Å²) in [6.07, 6.45) is 0. The number of hydrogen-bond donors (Lipinski definition) is 2. The molecule has 0 saturated heterocycles. The van der Waals surface area contributed by atoms with E-state index in [0.717, 1.165) is 26.6 Å². The number of rotatable bonds is 3. The molecule has 3 rings (SSSR count). The first-order valence-corrected chi connectivity index (χ1v) is 7.20. The molecule has 0 atom stereocenters. The highest BCUT2D eigenvalue weighted by Crippen LogP contribution is 2.25. The molecular weight excluding hydrogens is 270 g/mol. The van der Waals surface area contributed by atoms with Crippen molar-refractivity contribution in [2.45, 2.75) is 20.4 Å². The predicted molar refractivity (Wildman–Crippen MR) is 82.3 cm³/mol. The van der Waals surface area contributed by atoms with E-state index in [2.05, 4.69) is 21.4 Å². The molecule has 0 fully saturated rings. The van der Waals surface area contributed by atoms with Crippen LogP contribution in [0.2, 0.25) is 0 Å². The maximum atomic E-state index is 9.78. The molecule has 0 radical (unpaired) electrons. The van der Waals surface area contributed by atoms with Crippen LogP contribution >= 0.6 is 11.3 Å². The molecule has 0 aliphatic heterocycles. The number of nitrogens with one attached hydrogen (secondary N) is 1. The molecule has 0 aliphatic carbocycles. The maximum Gasteiger partial charge on any atom is 0.138 e. The molecule has 0 bridgehead atoms. The van der Waals surface area contributed by atoms with Crippen molar-refractivity contribution in [3.63, 3.8) is 0 Å². The SMILES string of the molecule is Cc1ccc(O)c(CNc2ccc3nc(C)sc3c2)n1. The number of hydrogen-bond acceptors (Lipinski definition) is 5. The van der Waals surface area contributed by atoms with Gasteiger partial charge >= 0.3 is 0 Å². The number of fused-ring (bicyclic) bond motifs is 1. The van der Waals surface area contributed by atoms with Gasteiger partial charge < -0.3 is 10.4 Å². The number of thiazole rings is 1. The molecule has 1 aromatic carbocycles. The van der Waals surface area contributed by atoms with Crippen LogP contribution in [0.4, 0.5) is 5.69 Å². The number of aromatic nitrogens is 2. The molecule has 2 aromatic heterocycles. The summed E-state index contributed by atoms with van der Waals surface area (Å²) in [7, 11) is 0. The van der Waals surface area contributed by atoms with E-state index in [-0.39, 0.29) is 5.75 Å². The van der Waals surface area contributed by atoms with Crippen molar-refractivity contribution in [1.29, 1.82) is 0 Å². The van der Waals surface area contributed by atoms with Gasteiger partial charge in [-0.25, -0.2) is 4.98 Å². The third-order valence-corrected chi connectivity index (χ3v) is 3.98. The number of benzene rings is 1. The van der Waals surface area contributed by atoms with Gasteiger partial charge in [0.15, 0.2) is 0 Å². The van der Waals surface area contributed by atoms with Crippen molar-refractivity contribution < 1.29 is 5.11 Å². The Balaban J connectivity index is 1.80.